The number of hydrogen-bond donors (Lipinski definition) is 1. The van der Waals surface area contributed by atoms with Gasteiger partial charge >= 0.3 is 0 Å². The molecule has 1 rings (SSSR count). The zero-order chi connectivity index (χ0) is 9.19. The number of rotatable bonds is 2. The summed E-state index contributed by atoms with van der Waals surface area (Å²) in [7, 11) is 0. The van der Waals surface area contributed by atoms with Gasteiger partial charge in [0, 0.05) is 0 Å². The summed E-state index contributed by atoms with van der Waals surface area (Å²) in [6.45, 7) is -2.05. The number of aryl methyl sites for hydroxylation is 1. The highest BCUT2D eigenvalue weighted by Gasteiger charge is 2.01. The van der Waals surface area contributed by atoms with Gasteiger partial charge in [-0.15, -0.1) is 0 Å². The predicted molar refractivity (Wildman–Crippen MR) is 48.3 cm³/mol. The van der Waals surface area contributed by atoms with Gasteiger partial charge in [-0.1, -0.05) is 18.2 Å². The minimum absolute atomic E-state index is 0.360. The van der Waals surface area contributed by atoms with Gasteiger partial charge in [-0.05, 0) is 30.4 Å². The molecule has 0 bridgehead atoms. The first-order chi connectivity index (χ1) is 5.49. The number of benzene rings is 1. The third-order valence-corrected chi connectivity index (χ3v) is 1.96. The molecule has 12 heavy (non-hydrogen) atoms. The van der Waals surface area contributed by atoms with E-state index in [1.807, 2.05) is 6.07 Å². The Morgan fingerprint density at radius 1 is 1.50 bits per heavy atom. The Bertz CT molecular complexity index is 320. The highest BCUT2D eigenvalue weighted by molar-refractivity contribution is 8.06. The van der Waals surface area contributed by atoms with Crippen LogP contribution in [0.25, 0.3) is 0 Å². The molecular formula is C7H8O3PS-. The lowest BCUT2D eigenvalue weighted by Gasteiger charge is -2.22. The van der Waals surface area contributed by atoms with Crippen LogP contribution in [-0.2, 0) is 11.8 Å². The zero-order valence-electron chi connectivity index (χ0n) is 6.43. The maximum absolute atomic E-state index is 10.7. The summed E-state index contributed by atoms with van der Waals surface area (Å²) in [5, 5.41) is 0. The molecule has 0 aliphatic rings. The normalized spacial score (nSPS) is 15.2. The molecule has 0 aliphatic heterocycles. The SMILES string of the molecule is Cc1ccccc1OP([O-])(O)=S. The van der Waals surface area contributed by atoms with Crippen LogP contribution in [0.4, 0.5) is 0 Å². The third-order valence-electron chi connectivity index (χ3n) is 1.31. The van der Waals surface area contributed by atoms with Crippen molar-refractivity contribution in [3.05, 3.63) is 29.8 Å². The first-order valence-corrected chi connectivity index (χ1v) is 5.87. The van der Waals surface area contributed by atoms with E-state index in [1.54, 1.807) is 25.1 Å². The lowest BCUT2D eigenvalue weighted by molar-refractivity contribution is -0.193. The Morgan fingerprint density at radius 3 is 2.58 bits per heavy atom. The van der Waals surface area contributed by atoms with Gasteiger partial charge in [0.05, 0.1) is 0 Å². The van der Waals surface area contributed by atoms with Crippen LogP contribution >= 0.6 is 6.72 Å². The van der Waals surface area contributed by atoms with Crippen LogP contribution in [0.5, 0.6) is 5.75 Å². The number of hydrogen-bond acceptors (Lipinski definition) is 3. The fourth-order valence-corrected chi connectivity index (χ4v) is 1.48. The van der Waals surface area contributed by atoms with Crippen molar-refractivity contribution >= 4 is 18.5 Å². The second-order valence-electron chi connectivity index (χ2n) is 2.33. The van der Waals surface area contributed by atoms with Gasteiger partial charge in [-0.2, -0.15) is 0 Å². The highest BCUT2D eigenvalue weighted by atomic mass is 32.5. The lowest BCUT2D eigenvalue weighted by atomic mass is 10.2. The van der Waals surface area contributed by atoms with E-state index in [4.69, 9.17) is 4.89 Å². The summed E-state index contributed by atoms with van der Waals surface area (Å²) in [6.07, 6.45) is 0. The average Bonchev–Trinajstić information content (AvgIpc) is 1.91. The molecule has 0 radical (unpaired) electrons. The van der Waals surface area contributed by atoms with Gasteiger partial charge in [0.1, 0.15) is 5.75 Å². The maximum atomic E-state index is 10.7. The third kappa shape index (κ3) is 2.91. The largest absolute Gasteiger partial charge is 0.770 e. The van der Waals surface area contributed by atoms with Gasteiger partial charge < -0.3 is 14.3 Å². The first-order valence-electron chi connectivity index (χ1n) is 3.28. The molecule has 0 saturated carbocycles. The standard InChI is InChI=1S/C7H9O3PS/c1-6-4-2-3-5-7(6)10-11(8,9)12/h2-5H,1H3,(H2,8,9,12)/p-1. The molecule has 0 amide bonds. The molecule has 66 valence electrons. The molecule has 0 saturated heterocycles. The molecule has 0 fully saturated rings. The van der Waals surface area contributed by atoms with Crippen LogP contribution < -0.4 is 9.42 Å². The first kappa shape index (κ1) is 9.68. The average molecular weight is 203 g/mol. The zero-order valence-corrected chi connectivity index (χ0v) is 8.14. The second-order valence-corrected chi connectivity index (χ2v) is 4.83. The molecule has 1 N–H and O–H groups in total. The van der Waals surface area contributed by atoms with Crippen LogP contribution in [0.1, 0.15) is 5.56 Å². The summed E-state index contributed by atoms with van der Waals surface area (Å²) in [5.74, 6) is 0.360. The van der Waals surface area contributed by atoms with E-state index >= 15 is 0 Å². The second kappa shape index (κ2) is 3.54. The van der Waals surface area contributed by atoms with Gasteiger partial charge in [0.25, 0.3) is 0 Å². The smallest absolute Gasteiger partial charge is 0.166 e. The van der Waals surface area contributed by atoms with Gasteiger partial charge in [0.15, 0.2) is 6.72 Å². The van der Waals surface area contributed by atoms with E-state index in [2.05, 4.69) is 16.3 Å². The minimum Gasteiger partial charge on any atom is -0.770 e. The molecule has 1 aromatic rings. The fraction of sp³-hybridized carbons (Fsp3) is 0.143. The van der Waals surface area contributed by atoms with Gasteiger partial charge in [-0.3, -0.25) is 0 Å². The minimum atomic E-state index is -3.83. The van der Waals surface area contributed by atoms with E-state index in [0.29, 0.717) is 5.75 Å². The van der Waals surface area contributed by atoms with Crippen molar-refractivity contribution in [3.63, 3.8) is 0 Å². The Kier molecular flexibility index (Phi) is 2.85. The molecular weight excluding hydrogens is 195 g/mol. The topological polar surface area (TPSA) is 52.5 Å². The van der Waals surface area contributed by atoms with Crippen molar-refractivity contribution in [1.82, 2.24) is 0 Å². The van der Waals surface area contributed by atoms with Crippen molar-refractivity contribution in [3.8, 4) is 5.75 Å². The number of para-hydroxylation sites is 1. The molecule has 0 aromatic heterocycles. The van der Waals surface area contributed by atoms with E-state index in [-0.39, 0.29) is 0 Å². The van der Waals surface area contributed by atoms with E-state index in [1.165, 1.54) is 0 Å². The summed E-state index contributed by atoms with van der Waals surface area (Å²) >= 11 is 4.22. The van der Waals surface area contributed by atoms with Crippen molar-refractivity contribution in [2.45, 2.75) is 6.92 Å². The van der Waals surface area contributed by atoms with Crippen LogP contribution in [0.3, 0.4) is 0 Å². The van der Waals surface area contributed by atoms with Gasteiger partial charge in [-0.25, -0.2) is 0 Å². The molecule has 0 aliphatic carbocycles. The Morgan fingerprint density at radius 2 is 2.08 bits per heavy atom. The van der Waals surface area contributed by atoms with Gasteiger partial charge in [0.2, 0.25) is 0 Å². The summed E-state index contributed by atoms with van der Waals surface area (Å²) < 4.78 is 4.66. The Hall–Kier alpha value is -0.410. The fourth-order valence-electron chi connectivity index (χ4n) is 0.783. The van der Waals surface area contributed by atoms with Crippen LogP contribution in [0, 0.1) is 6.92 Å². The molecule has 1 unspecified atom stereocenters. The monoisotopic (exact) mass is 203 g/mol. The van der Waals surface area contributed by atoms with E-state index in [0.717, 1.165) is 5.56 Å². The van der Waals surface area contributed by atoms with Crippen molar-refractivity contribution < 1.29 is 14.3 Å². The van der Waals surface area contributed by atoms with Crippen LogP contribution in [0.2, 0.25) is 0 Å². The van der Waals surface area contributed by atoms with Crippen LogP contribution in [-0.4, -0.2) is 4.89 Å². The predicted octanol–water partition coefficient (Wildman–Crippen LogP) is 0.951. The maximum Gasteiger partial charge on any atom is 0.166 e. The molecule has 0 spiro atoms. The lowest BCUT2D eigenvalue weighted by Crippen LogP contribution is -2.05. The van der Waals surface area contributed by atoms with Crippen molar-refractivity contribution in [2.24, 2.45) is 0 Å². The Balaban J connectivity index is 2.90. The summed E-state index contributed by atoms with van der Waals surface area (Å²) in [5.41, 5.74) is 0.789. The summed E-state index contributed by atoms with van der Waals surface area (Å²) in [6, 6.07) is 6.91. The van der Waals surface area contributed by atoms with E-state index < -0.39 is 6.72 Å². The highest BCUT2D eigenvalue weighted by Crippen LogP contribution is 2.34. The van der Waals surface area contributed by atoms with Crippen LogP contribution in [0.15, 0.2) is 24.3 Å². The molecule has 0 heterocycles. The quantitative estimate of drug-likeness (QED) is 0.727. The molecule has 3 nitrogen and oxygen atoms in total. The van der Waals surface area contributed by atoms with Crippen molar-refractivity contribution in [1.29, 1.82) is 0 Å². The molecule has 1 aromatic carbocycles. The molecule has 1 atom stereocenters. The summed E-state index contributed by atoms with van der Waals surface area (Å²) in [4.78, 5) is 19.4. The molecule has 5 heteroatoms. The van der Waals surface area contributed by atoms with Crippen molar-refractivity contribution in [2.75, 3.05) is 0 Å². The Labute approximate surface area is 75.9 Å². The van der Waals surface area contributed by atoms with E-state index in [9.17, 15) is 4.89 Å².